The molecule has 0 spiro atoms. The Morgan fingerprint density at radius 1 is 1.10 bits per heavy atom. The number of imidazole rings is 1. The lowest BCUT2D eigenvalue weighted by Gasteiger charge is -2.15. The molecule has 2 aromatic carbocycles. The van der Waals surface area contributed by atoms with Crippen LogP contribution in [-0.4, -0.2) is 9.97 Å². The molecule has 1 atom stereocenters. The largest absolute Gasteiger partial charge is 0.483 e. The minimum Gasteiger partial charge on any atom is -0.483 e. The summed E-state index contributed by atoms with van der Waals surface area (Å²) in [5, 5.41) is 0. The number of para-hydroxylation sites is 2. The van der Waals surface area contributed by atoms with Crippen molar-refractivity contribution in [2.45, 2.75) is 26.9 Å². The maximum absolute atomic E-state index is 6.05. The van der Waals surface area contributed by atoms with Gasteiger partial charge in [-0.15, -0.1) is 0 Å². The zero-order chi connectivity index (χ0) is 14.1. The molecule has 3 rings (SSSR count). The summed E-state index contributed by atoms with van der Waals surface area (Å²) in [6.07, 6.45) is -0.108. The van der Waals surface area contributed by atoms with E-state index in [9.17, 15) is 0 Å². The Balaban J connectivity index is 1.88. The fraction of sp³-hybridized carbons (Fsp3) is 0.235. The van der Waals surface area contributed by atoms with Gasteiger partial charge >= 0.3 is 0 Å². The van der Waals surface area contributed by atoms with E-state index in [1.807, 2.05) is 31.2 Å². The molecular formula is C17H18N2O. The minimum atomic E-state index is -0.108. The Morgan fingerprint density at radius 2 is 1.90 bits per heavy atom. The Bertz CT molecular complexity index is 713. The van der Waals surface area contributed by atoms with Gasteiger partial charge < -0.3 is 9.72 Å². The number of H-pyrrole nitrogens is 1. The standard InChI is InChI=1S/C17H18N2O/c1-11-8-9-12(2)16(10-11)20-13(3)17-18-14-6-4-5-7-15(14)19-17/h4-10,13H,1-3H3,(H,18,19)/t13-/m0/s1. The lowest BCUT2D eigenvalue weighted by atomic mass is 10.1. The quantitative estimate of drug-likeness (QED) is 0.766. The van der Waals surface area contributed by atoms with Crippen molar-refractivity contribution in [3.63, 3.8) is 0 Å². The van der Waals surface area contributed by atoms with Gasteiger partial charge in [0.25, 0.3) is 0 Å². The molecule has 0 bridgehead atoms. The van der Waals surface area contributed by atoms with Crippen molar-refractivity contribution < 1.29 is 4.74 Å². The molecule has 102 valence electrons. The number of rotatable bonds is 3. The third kappa shape index (κ3) is 2.39. The van der Waals surface area contributed by atoms with Crippen molar-refractivity contribution in [2.24, 2.45) is 0 Å². The van der Waals surface area contributed by atoms with Crippen LogP contribution in [0, 0.1) is 13.8 Å². The van der Waals surface area contributed by atoms with E-state index < -0.39 is 0 Å². The van der Waals surface area contributed by atoms with E-state index in [0.29, 0.717) is 0 Å². The average Bonchev–Trinajstić information content (AvgIpc) is 2.87. The molecule has 3 nitrogen and oxygen atoms in total. The average molecular weight is 266 g/mol. The lowest BCUT2D eigenvalue weighted by Crippen LogP contribution is -2.06. The molecule has 3 aromatic rings. The van der Waals surface area contributed by atoms with Gasteiger partial charge in [0.15, 0.2) is 6.10 Å². The van der Waals surface area contributed by atoms with E-state index in [0.717, 1.165) is 28.2 Å². The number of fused-ring (bicyclic) bond motifs is 1. The van der Waals surface area contributed by atoms with Gasteiger partial charge in [0.2, 0.25) is 0 Å². The Morgan fingerprint density at radius 3 is 2.70 bits per heavy atom. The first-order valence-corrected chi connectivity index (χ1v) is 6.82. The molecule has 0 aliphatic carbocycles. The Hall–Kier alpha value is -2.29. The summed E-state index contributed by atoms with van der Waals surface area (Å²) in [5.74, 6) is 1.77. The van der Waals surface area contributed by atoms with E-state index in [4.69, 9.17) is 4.74 Å². The Kier molecular flexibility index (Phi) is 3.18. The molecule has 0 saturated carbocycles. The van der Waals surface area contributed by atoms with Crippen LogP contribution in [0.4, 0.5) is 0 Å². The third-order valence-corrected chi connectivity index (χ3v) is 3.44. The van der Waals surface area contributed by atoms with Crippen LogP contribution in [0.1, 0.15) is 30.0 Å². The molecule has 0 aliphatic heterocycles. The molecule has 0 unspecified atom stereocenters. The molecular weight excluding hydrogens is 248 g/mol. The molecule has 0 radical (unpaired) electrons. The number of hydrogen-bond acceptors (Lipinski definition) is 2. The van der Waals surface area contributed by atoms with Gasteiger partial charge in [0.05, 0.1) is 11.0 Å². The number of nitrogens with one attached hydrogen (secondary N) is 1. The van der Waals surface area contributed by atoms with Crippen molar-refractivity contribution in [2.75, 3.05) is 0 Å². The fourth-order valence-corrected chi connectivity index (χ4v) is 2.25. The summed E-state index contributed by atoms with van der Waals surface area (Å²) in [6.45, 7) is 6.14. The van der Waals surface area contributed by atoms with Gasteiger partial charge in [0.1, 0.15) is 11.6 Å². The SMILES string of the molecule is Cc1ccc(C)c(O[C@@H](C)c2nc3ccccc3[nH]2)c1. The zero-order valence-electron chi connectivity index (χ0n) is 12.0. The van der Waals surface area contributed by atoms with Gasteiger partial charge in [-0.3, -0.25) is 0 Å². The predicted octanol–water partition coefficient (Wildman–Crippen LogP) is 4.32. The summed E-state index contributed by atoms with van der Waals surface area (Å²) < 4.78 is 6.05. The molecule has 1 aromatic heterocycles. The number of aryl methyl sites for hydroxylation is 2. The normalized spacial score (nSPS) is 12.6. The summed E-state index contributed by atoms with van der Waals surface area (Å²) in [6, 6.07) is 14.2. The molecule has 0 amide bonds. The number of benzene rings is 2. The number of nitrogens with zero attached hydrogens (tertiary/aromatic N) is 1. The molecule has 1 heterocycles. The number of ether oxygens (including phenoxy) is 1. The monoisotopic (exact) mass is 266 g/mol. The van der Waals surface area contributed by atoms with Crippen LogP contribution in [0.5, 0.6) is 5.75 Å². The van der Waals surface area contributed by atoms with Crippen LogP contribution in [0.3, 0.4) is 0 Å². The second kappa shape index (κ2) is 5.00. The van der Waals surface area contributed by atoms with Crippen LogP contribution >= 0.6 is 0 Å². The first kappa shape index (κ1) is 12.7. The summed E-state index contributed by atoms with van der Waals surface area (Å²) in [5.41, 5.74) is 4.35. The molecule has 1 N–H and O–H groups in total. The predicted molar refractivity (Wildman–Crippen MR) is 81.1 cm³/mol. The maximum atomic E-state index is 6.05. The van der Waals surface area contributed by atoms with Gasteiger partial charge in [-0.2, -0.15) is 0 Å². The van der Waals surface area contributed by atoms with Crippen molar-refractivity contribution >= 4 is 11.0 Å². The third-order valence-electron chi connectivity index (χ3n) is 3.44. The highest BCUT2D eigenvalue weighted by atomic mass is 16.5. The van der Waals surface area contributed by atoms with E-state index in [-0.39, 0.29) is 6.10 Å². The van der Waals surface area contributed by atoms with E-state index in [1.54, 1.807) is 0 Å². The van der Waals surface area contributed by atoms with Crippen LogP contribution in [0.25, 0.3) is 11.0 Å². The van der Waals surface area contributed by atoms with Gasteiger partial charge in [-0.1, -0.05) is 24.3 Å². The topological polar surface area (TPSA) is 37.9 Å². The highest BCUT2D eigenvalue weighted by Crippen LogP contribution is 2.25. The minimum absolute atomic E-state index is 0.108. The summed E-state index contributed by atoms with van der Waals surface area (Å²) in [4.78, 5) is 7.89. The van der Waals surface area contributed by atoms with Crippen LogP contribution < -0.4 is 4.74 Å². The second-order valence-electron chi connectivity index (χ2n) is 5.17. The zero-order valence-corrected chi connectivity index (χ0v) is 12.0. The van der Waals surface area contributed by atoms with Crippen molar-refractivity contribution in [1.29, 1.82) is 0 Å². The van der Waals surface area contributed by atoms with E-state index in [2.05, 4.69) is 42.0 Å². The van der Waals surface area contributed by atoms with Crippen LogP contribution in [0.15, 0.2) is 42.5 Å². The molecule has 0 aliphatic rings. The van der Waals surface area contributed by atoms with Gasteiger partial charge in [0, 0.05) is 0 Å². The smallest absolute Gasteiger partial charge is 0.153 e. The highest BCUT2D eigenvalue weighted by Gasteiger charge is 2.13. The first-order valence-electron chi connectivity index (χ1n) is 6.82. The lowest BCUT2D eigenvalue weighted by molar-refractivity contribution is 0.216. The van der Waals surface area contributed by atoms with Crippen LogP contribution in [0.2, 0.25) is 0 Å². The van der Waals surface area contributed by atoms with Crippen molar-refractivity contribution in [3.05, 3.63) is 59.4 Å². The summed E-state index contributed by atoms with van der Waals surface area (Å²) in [7, 11) is 0. The number of aromatic amines is 1. The first-order chi connectivity index (χ1) is 9.63. The molecule has 20 heavy (non-hydrogen) atoms. The summed E-state index contributed by atoms with van der Waals surface area (Å²) >= 11 is 0. The number of hydrogen-bond donors (Lipinski definition) is 1. The van der Waals surface area contributed by atoms with Crippen molar-refractivity contribution in [3.8, 4) is 5.75 Å². The molecule has 3 heteroatoms. The van der Waals surface area contributed by atoms with E-state index >= 15 is 0 Å². The van der Waals surface area contributed by atoms with Gasteiger partial charge in [-0.25, -0.2) is 4.98 Å². The highest BCUT2D eigenvalue weighted by molar-refractivity contribution is 5.74. The second-order valence-corrected chi connectivity index (χ2v) is 5.17. The van der Waals surface area contributed by atoms with Crippen LogP contribution in [-0.2, 0) is 0 Å². The fourth-order valence-electron chi connectivity index (χ4n) is 2.25. The van der Waals surface area contributed by atoms with Crippen molar-refractivity contribution in [1.82, 2.24) is 9.97 Å². The molecule has 0 fully saturated rings. The van der Waals surface area contributed by atoms with E-state index in [1.165, 1.54) is 5.56 Å². The maximum Gasteiger partial charge on any atom is 0.153 e. The Labute approximate surface area is 118 Å². The van der Waals surface area contributed by atoms with Gasteiger partial charge in [-0.05, 0) is 50.1 Å². The number of aromatic nitrogens is 2. The molecule has 0 saturated heterocycles.